The zero-order chi connectivity index (χ0) is 27.6. The summed E-state index contributed by atoms with van der Waals surface area (Å²) in [6.07, 6.45) is 0. The molecule has 198 valence electrons. The number of hydrogen-bond acceptors (Lipinski definition) is 5. The highest BCUT2D eigenvalue weighted by Gasteiger charge is 2.27. The van der Waals surface area contributed by atoms with Gasteiger partial charge in [0.25, 0.3) is 11.5 Å². The molecule has 0 saturated carbocycles. The number of hydrogen-bond donors (Lipinski definition) is 1. The van der Waals surface area contributed by atoms with Crippen molar-refractivity contribution in [3.63, 3.8) is 0 Å². The van der Waals surface area contributed by atoms with E-state index in [-0.39, 0.29) is 22.8 Å². The van der Waals surface area contributed by atoms with Crippen molar-refractivity contribution in [2.75, 3.05) is 19.5 Å². The van der Waals surface area contributed by atoms with Gasteiger partial charge in [0.05, 0.1) is 25.5 Å². The summed E-state index contributed by atoms with van der Waals surface area (Å²) in [6.45, 7) is -3.05. The van der Waals surface area contributed by atoms with Crippen LogP contribution in [0.15, 0.2) is 65.5 Å². The molecule has 4 aromatic rings. The second-order valence-electron chi connectivity index (χ2n) is 7.89. The Morgan fingerprint density at radius 2 is 1.53 bits per heavy atom. The van der Waals surface area contributed by atoms with Gasteiger partial charge >= 0.3 is 6.61 Å². The molecule has 38 heavy (non-hydrogen) atoms. The second-order valence-corrected chi connectivity index (χ2v) is 7.89. The minimum Gasteiger partial charge on any atom is -0.497 e. The third-order valence-corrected chi connectivity index (χ3v) is 5.63. The van der Waals surface area contributed by atoms with Gasteiger partial charge in [-0.1, -0.05) is 6.07 Å². The summed E-state index contributed by atoms with van der Waals surface area (Å²) < 4.78 is 71.9. The molecule has 1 N–H and O–H groups in total. The maximum Gasteiger partial charge on any atom is 0.387 e. The lowest BCUT2D eigenvalue weighted by atomic mass is 10.1. The lowest BCUT2D eigenvalue weighted by Crippen LogP contribution is -2.23. The molecule has 1 heterocycles. The van der Waals surface area contributed by atoms with Crippen LogP contribution in [0, 0.1) is 11.6 Å². The van der Waals surface area contributed by atoms with Gasteiger partial charge in [-0.05, 0) is 36.4 Å². The Kier molecular flexibility index (Phi) is 7.42. The molecule has 0 aliphatic rings. The van der Waals surface area contributed by atoms with Gasteiger partial charge in [-0.15, -0.1) is 0 Å². The fourth-order valence-corrected chi connectivity index (χ4v) is 3.90. The molecular formula is C26H21F4N3O5. The fourth-order valence-electron chi connectivity index (χ4n) is 3.90. The fraction of sp³-hybridized carbons (Fsp3) is 0.154. The summed E-state index contributed by atoms with van der Waals surface area (Å²) >= 11 is 0. The predicted molar refractivity (Wildman–Crippen MR) is 130 cm³/mol. The molecular weight excluding hydrogens is 510 g/mol. The normalized spacial score (nSPS) is 10.9. The molecule has 8 nitrogen and oxygen atoms in total. The van der Waals surface area contributed by atoms with E-state index in [1.807, 2.05) is 0 Å². The van der Waals surface area contributed by atoms with E-state index >= 15 is 8.78 Å². The quantitative estimate of drug-likeness (QED) is 0.324. The number of nitrogens with zero attached hydrogens (tertiary/aromatic N) is 2. The van der Waals surface area contributed by atoms with E-state index in [9.17, 15) is 18.4 Å². The van der Waals surface area contributed by atoms with Crippen LogP contribution in [0.5, 0.6) is 17.2 Å². The summed E-state index contributed by atoms with van der Waals surface area (Å²) in [5.74, 6) is -2.76. The number of aromatic nitrogens is 2. The van der Waals surface area contributed by atoms with Crippen molar-refractivity contribution in [1.82, 2.24) is 9.36 Å². The van der Waals surface area contributed by atoms with Crippen LogP contribution < -0.4 is 25.1 Å². The number of amides is 1. The first-order chi connectivity index (χ1) is 18.1. The van der Waals surface area contributed by atoms with Crippen molar-refractivity contribution in [2.45, 2.75) is 6.61 Å². The topological polar surface area (TPSA) is 83.7 Å². The number of ether oxygens (including phenoxy) is 3. The van der Waals surface area contributed by atoms with Gasteiger partial charge in [0.1, 0.15) is 40.3 Å². The first kappa shape index (κ1) is 26.3. The summed E-state index contributed by atoms with van der Waals surface area (Å²) in [5, 5.41) is 2.42. The smallest absolute Gasteiger partial charge is 0.387 e. The second kappa shape index (κ2) is 10.7. The average Bonchev–Trinajstić information content (AvgIpc) is 3.12. The lowest BCUT2D eigenvalue weighted by Gasteiger charge is -2.13. The van der Waals surface area contributed by atoms with Crippen LogP contribution in [0.3, 0.4) is 0 Å². The number of halogens is 4. The predicted octanol–water partition coefficient (Wildman–Crippen LogP) is 4.99. The Morgan fingerprint density at radius 1 is 0.895 bits per heavy atom. The number of rotatable bonds is 8. The highest BCUT2D eigenvalue weighted by Crippen LogP contribution is 2.34. The van der Waals surface area contributed by atoms with E-state index in [1.165, 1.54) is 44.1 Å². The van der Waals surface area contributed by atoms with Crippen LogP contribution in [-0.4, -0.2) is 36.1 Å². The maximum absolute atomic E-state index is 15.2. The van der Waals surface area contributed by atoms with Crippen LogP contribution >= 0.6 is 0 Å². The van der Waals surface area contributed by atoms with Gasteiger partial charge in [0, 0.05) is 30.8 Å². The third kappa shape index (κ3) is 5.05. The largest absolute Gasteiger partial charge is 0.497 e. The van der Waals surface area contributed by atoms with E-state index in [0.29, 0.717) is 11.4 Å². The molecule has 0 saturated heterocycles. The number of carbonyl (C=O) groups is 1. The third-order valence-electron chi connectivity index (χ3n) is 5.63. The van der Waals surface area contributed by atoms with Crippen LogP contribution in [-0.2, 0) is 7.05 Å². The Balaban J connectivity index is 1.87. The molecule has 1 aromatic heterocycles. The summed E-state index contributed by atoms with van der Waals surface area (Å²) in [7, 11) is 4.07. The van der Waals surface area contributed by atoms with E-state index in [2.05, 4.69) is 10.1 Å². The van der Waals surface area contributed by atoms with Crippen LogP contribution in [0.1, 0.15) is 10.4 Å². The highest BCUT2D eigenvalue weighted by atomic mass is 19.3. The Bertz CT molecular complexity index is 1520. The summed E-state index contributed by atoms with van der Waals surface area (Å²) in [5.41, 5.74) is -1.79. The van der Waals surface area contributed by atoms with Crippen molar-refractivity contribution in [2.24, 2.45) is 7.05 Å². The number of benzene rings is 3. The molecule has 0 aliphatic carbocycles. The maximum atomic E-state index is 15.2. The Labute approximate surface area is 213 Å². The van der Waals surface area contributed by atoms with E-state index < -0.39 is 41.0 Å². The minimum atomic E-state index is -3.05. The molecule has 0 spiro atoms. The first-order valence-corrected chi connectivity index (χ1v) is 11.0. The molecule has 12 heteroatoms. The SMILES string of the molecule is COc1cccc(-n2c(=O)c(NC(=O)c3ccc(OC(F)F)cc3)c(-c3c(F)cc(OC)cc3F)n2C)c1. The minimum absolute atomic E-state index is 0.0237. The number of anilines is 1. The van der Waals surface area contributed by atoms with Gasteiger partial charge in [-0.2, -0.15) is 8.78 Å². The van der Waals surface area contributed by atoms with Crippen molar-refractivity contribution >= 4 is 11.6 Å². The van der Waals surface area contributed by atoms with Gasteiger partial charge in [0.15, 0.2) is 0 Å². The number of carbonyl (C=O) groups excluding carboxylic acids is 1. The molecule has 0 radical (unpaired) electrons. The number of methoxy groups -OCH3 is 2. The molecule has 0 unspecified atom stereocenters. The number of alkyl halides is 2. The van der Waals surface area contributed by atoms with E-state index in [0.717, 1.165) is 28.9 Å². The Morgan fingerprint density at radius 3 is 2.11 bits per heavy atom. The molecule has 0 fully saturated rings. The highest BCUT2D eigenvalue weighted by molar-refractivity contribution is 6.06. The molecule has 3 aromatic carbocycles. The van der Waals surface area contributed by atoms with Crippen molar-refractivity contribution in [3.8, 4) is 34.2 Å². The molecule has 4 rings (SSSR count). The van der Waals surface area contributed by atoms with Crippen LogP contribution in [0.25, 0.3) is 16.9 Å². The van der Waals surface area contributed by atoms with E-state index in [4.69, 9.17) is 9.47 Å². The van der Waals surface area contributed by atoms with E-state index in [1.54, 1.807) is 18.2 Å². The zero-order valence-electron chi connectivity index (χ0n) is 20.3. The number of nitrogens with one attached hydrogen (secondary N) is 1. The van der Waals surface area contributed by atoms with Gasteiger partial charge < -0.3 is 19.5 Å². The molecule has 0 atom stereocenters. The van der Waals surface area contributed by atoms with Gasteiger partial charge in [0.2, 0.25) is 0 Å². The zero-order valence-corrected chi connectivity index (χ0v) is 20.3. The van der Waals surface area contributed by atoms with Crippen LogP contribution in [0.2, 0.25) is 0 Å². The molecule has 0 bridgehead atoms. The molecule has 1 amide bonds. The first-order valence-electron chi connectivity index (χ1n) is 11.0. The van der Waals surface area contributed by atoms with Gasteiger partial charge in [-0.25, -0.2) is 13.5 Å². The lowest BCUT2D eigenvalue weighted by molar-refractivity contribution is -0.0498. The monoisotopic (exact) mass is 531 g/mol. The summed E-state index contributed by atoms with van der Waals surface area (Å²) in [4.78, 5) is 26.6. The van der Waals surface area contributed by atoms with Crippen molar-refractivity contribution < 1.29 is 36.6 Å². The van der Waals surface area contributed by atoms with Gasteiger partial charge in [-0.3, -0.25) is 14.3 Å². The Hall–Kier alpha value is -4.74. The standard InChI is InChI=1S/C26H21F4N3O5/c1-32-23(21-19(27)12-18(37-3)13-20(21)28)22(25(35)33(32)15-5-4-6-17(11-15)36-2)31-24(34)14-7-9-16(10-8-14)38-26(29)30/h4-13,26H,1-3H3,(H,31,34). The van der Waals surface area contributed by atoms with Crippen molar-refractivity contribution in [1.29, 1.82) is 0 Å². The van der Waals surface area contributed by atoms with Crippen LogP contribution in [0.4, 0.5) is 23.2 Å². The summed E-state index contributed by atoms with van der Waals surface area (Å²) in [6, 6.07) is 12.9. The van der Waals surface area contributed by atoms with Crippen molar-refractivity contribution in [3.05, 3.63) is 88.2 Å². The average molecular weight is 531 g/mol. The molecule has 0 aliphatic heterocycles.